The molecule has 0 aromatic carbocycles. The van der Waals surface area contributed by atoms with Gasteiger partial charge in [-0.2, -0.15) is 13.2 Å². The summed E-state index contributed by atoms with van der Waals surface area (Å²) in [5.74, 6) is 0.788. The Morgan fingerprint density at radius 1 is 1.08 bits per heavy atom. The first-order valence-electron chi connectivity index (χ1n) is 9.48. The first-order chi connectivity index (χ1) is 12.4. The van der Waals surface area contributed by atoms with Crippen LogP contribution in [0.2, 0.25) is 0 Å². The van der Waals surface area contributed by atoms with E-state index in [-0.39, 0.29) is 0 Å². The van der Waals surface area contributed by atoms with Crippen molar-refractivity contribution < 1.29 is 17.9 Å². The number of halogens is 3. The van der Waals surface area contributed by atoms with Crippen LogP contribution in [0.1, 0.15) is 19.8 Å². The third-order valence-electron chi connectivity index (χ3n) is 5.13. The zero-order valence-electron chi connectivity index (χ0n) is 15.9. The lowest BCUT2D eigenvalue weighted by Gasteiger charge is -2.39. The van der Waals surface area contributed by atoms with Crippen molar-refractivity contribution in [3.8, 4) is 0 Å². The summed E-state index contributed by atoms with van der Waals surface area (Å²) in [6.07, 6.45) is -2.01. The second-order valence-electron chi connectivity index (χ2n) is 6.88. The molecular formula is C17H32F3N5O. The van der Waals surface area contributed by atoms with Crippen molar-refractivity contribution in [1.82, 2.24) is 20.0 Å². The van der Waals surface area contributed by atoms with Gasteiger partial charge in [-0.25, -0.2) is 0 Å². The topological polar surface area (TPSA) is 43.3 Å². The smallest absolute Gasteiger partial charge is 0.379 e. The summed E-state index contributed by atoms with van der Waals surface area (Å²) in [4.78, 5) is 10.2. The van der Waals surface area contributed by atoms with E-state index in [1.165, 1.54) is 11.8 Å². The predicted molar refractivity (Wildman–Crippen MR) is 96.5 cm³/mol. The number of hydrogen-bond donors (Lipinski definition) is 1. The van der Waals surface area contributed by atoms with Crippen LogP contribution in [0.5, 0.6) is 0 Å². The molecule has 6 nitrogen and oxygen atoms in total. The molecule has 0 radical (unpaired) electrons. The van der Waals surface area contributed by atoms with Crippen LogP contribution >= 0.6 is 0 Å². The lowest BCUT2D eigenvalue weighted by atomic mass is 10.2. The zero-order valence-corrected chi connectivity index (χ0v) is 15.9. The first-order valence-corrected chi connectivity index (χ1v) is 9.48. The Hall–Kier alpha value is -1.06. The number of nitrogens with zero attached hydrogens (tertiary/aromatic N) is 4. The molecule has 2 fully saturated rings. The van der Waals surface area contributed by atoms with Gasteiger partial charge < -0.3 is 15.0 Å². The van der Waals surface area contributed by atoms with E-state index >= 15 is 0 Å². The largest absolute Gasteiger partial charge is 0.403 e. The van der Waals surface area contributed by atoms with Crippen molar-refractivity contribution in [2.75, 3.05) is 72.6 Å². The fourth-order valence-electron chi connectivity index (χ4n) is 3.35. The highest BCUT2D eigenvalue weighted by atomic mass is 19.4. The number of unbranched alkanes of at least 4 members (excludes halogenated alkanes) is 1. The highest BCUT2D eigenvalue weighted by molar-refractivity contribution is 5.79. The summed E-state index contributed by atoms with van der Waals surface area (Å²) < 4.78 is 43.8. The van der Waals surface area contributed by atoms with E-state index in [1.54, 1.807) is 7.05 Å². The number of rotatable bonds is 6. The van der Waals surface area contributed by atoms with Crippen LogP contribution in [0.15, 0.2) is 4.99 Å². The van der Waals surface area contributed by atoms with Gasteiger partial charge in [0, 0.05) is 52.9 Å². The number of guanidine groups is 1. The van der Waals surface area contributed by atoms with Gasteiger partial charge in [0.15, 0.2) is 5.96 Å². The molecule has 1 atom stereocenters. The molecule has 1 unspecified atom stereocenters. The quantitative estimate of drug-likeness (QED) is 0.427. The minimum Gasteiger partial charge on any atom is -0.379 e. The Morgan fingerprint density at radius 3 is 2.31 bits per heavy atom. The first kappa shape index (κ1) is 21.2. The fourth-order valence-corrected chi connectivity index (χ4v) is 3.35. The molecule has 0 bridgehead atoms. The van der Waals surface area contributed by atoms with Crippen molar-refractivity contribution in [1.29, 1.82) is 0 Å². The van der Waals surface area contributed by atoms with Crippen LogP contribution in [0, 0.1) is 0 Å². The van der Waals surface area contributed by atoms with Gasteiger partial charge in [-0.3, -0.25) is 14.8 Å². The van der Waals surface area contributed by atoms with Gasteiger partial charge in [0.25, 0.3) is 0 Å². The van der Waals surface area contributed by atoms with Gasteiger partial charge in [-0.15, -0.1) is 0 Å². The molecule has 0 aromatic rings. The van der Waals surface area contributed by atoms with E-state index in [9.17, 15) is 13.2 Å². The number of piperazine rings is 1. The summed E-state index contributed by atoms with van der Waals surface area (Å²) in [6.45, 7) is 8.74. The van der Waals surface area contributed by atoms with Gasteiger partial charge in [0.2, 0.25) is 0 Å². The SMILES string of the molecule is CN=C(NCCCCN1CCOCC1)N1CCN(C(C)C(F)(F)F)CC1. The Morgan fingerprint density at radius 2 is 1.73 bits per heavy atom. The molecule has 9 heteroatoms. The lowest BCUT2D eigenvalue weighted by Crippen LogP contribution is -2.56. The standard InChI is InChI=1S/C17H32F3N5O/c1-15(17(18,19)20)24-7-9-25(10-8-24)16(21-2)22-5-3-4-6-23-11-13-26-14-12-23/h15H,3-14H2,1-2H3,(H,21,22). The molecular weight excluding hydrogens is 347 g/mol. The molecule has 2 aliphatic rings. The van der Waals surface area contributed by atoms with Crippen LogP contribution in [-0.2, 0) is 4.74 Å². The van der Waals surface area contributed by atoms with E-state index in [2.05, 4.69) is 15.2 Å². The molecule has 2 heterocycles. The Labute approximate surface area is 154 Å². The van der Waals surface area contributed by atoms with Crippen molar-refractivity contribution in [2.24, 2.45) is 4.99 Å². The predicted octanol–water partition coefficient (Wildman–Crippen LogP) is 1.24. The Balaban J connectivity index is 1.63. The van der Waals surface area contributed by atoms with Crippen molar-refractivity contribution >= 4 is 5.96 Å². The maximum absolute atomic E-state index is 12.8. The minimum atomic E-state index is -4.16. The maximum atomic E-state index is 12.8. The van der Waals surface area contributed by atoms with E-state index in [1.807, 2.05) is 4.90 Å². The molecule has 26 heavy (non-hydrogen) atoms. The van der Waals surface area contributed by atoms with Crippen molar-refractivity contribution in [2.45, 2.75) is 32.0 Å². The number of morpholine rings is 1. The van der Waals surface area contributed by atoms with E-state index in [0.29, 0.717) is 26.2 Å². The molecule has 0 aliphatic carbocycles. The average molecular weight is 379 g/mol. The lowest BCUT2D eigenvalue weighted by molar-refractivity contribution is -0.181. The highest BCUT2D eigenvalue weighted by Crippen LogP contribution is 2.25. The van der Waals surface area contributed by atoms with E-state index in [0.717, 1.165) is 58.2 Å². The van der Waals surface area contributed by atoms with E-state index in [4.69, 9.17) is 4.74 Å². The molecule has 0 spiro atoms. The molecule has 0 amide bonds. The summed E-state index contributed by atoms with van der Waals surface area (Å²) in [5.41, 5.74) is 0. The molecule has 1 N–H and O–H groups in total. The van der Waals surface area contributed by atoms with Gasteiger partial charge in [0.05, 0.1) is 13.2 Å². The highest BCUT2D eigenvalue weighted by Gasteiger charge is 2.41. The van der Waals surface area contributed by atoms with Crippen LogP contribution in [0.3, 0.4) is 0 Å². The summed E-state index contributed by atoms with van der Waals surface area (Å²) in [6, 6.07) is -1.39. The minimum absolute atomic E-state index is 0.401. The normalized spacial score (nSPS) is 22.5. The van der Waals surface area contributed by atoms with Crippen molar-refractivity contribution in [3.63, 3.8) is 0 Å². The summed E-state index contributed by atoms with van der Waals surface area (Å²) in [7, 11) is 1.72. The number of hydrogen-bond acceptors (Lipinski definition) is 4. The summed E-state index contributed by atoms with van der Waals surface area (Å²) >= 11 is 0. The number of nitrogens with one attached hydrogen (secondary N) is 1. The van der Waals surface area contributed by atoms with Crippen LogP contribution in [0.25, 0.3) is 0 Å². The average Bonchev–Trinajstić information content (AvgIpc) is 2.64. The second kappa shape index (κ2) is 10.3. The molecule has 2 rings (SSSR count). The van der Waals surface area contributed by atoms with Gasteiger partial charge in [0.1, 0.15) is 6.04 Å². The van der Waals surface area contributed by atoms with Crippen LogP contribution < -0.4 is 5.32 Å². The fraction of sp³-hybridized carbons (Fsp3) is 0.941. The monoisotopic (exact) mass is 379 g/mol. The Bertz CT molecular complexity index is 433. The number of ether oxygens (including phenoxy) is 1. The molecule has 2 aliphatic heterocycles. The van der Waals surface area contributed by atoms with Crippen LogP contribution in [0.4, 0.5) is 13.2 Å². The second-order valence-corrected chi connectivity index (χ2v) is 6.88. The zero-order chi connectivity index (χ0) is 19.0. The molecule has 0 aromatic heterocycles. The van der Waals surface area contributed by atoms with Crippen molar-refractivity contribution in [3.05, 3.63) is 0 Å². The molecule has 152 valence electrons. The summed E-state index contributed by atoms with van der Waals surface area (Å²) in [5, 5.41) is 3.34. The third kappa shape index (κ3) is 6.59. The Kier molecular flexibility index (Phi) is 8.43. The van der Waals surface area contributed by atoms with Crippen LogP contribution in [-0.4, -0.2) is 105 Å². The van der Waals surface area contributed by atoms with Gasteiger partial charge in [-0.05, 0) is 26.3 Å². The van der Waals surface area contributed by atoms with E-state index < -0.39 is 12.2 Å². The third-order valence-corrected chi connectivity index (χ3v) is 5.13. The molecule has 2 saturated heterocycles. The number of aliphatic imine (C=N–C) groups is 1. The van der Waals surface area contributed by atoms with Gasteiger partial charge >= 0.3 is 6.18 Å². The maximum Gasteiger partial charge on any atom is 0.403 e. The van der Waals surface area contributed by atoms with Gasteiger partial charge in [-0.1, -0.05) is 0 Å². The number of alkyl halides is 3. The molecule has 0 saturated carbocycles.